The zero-order valence-electron chi connectivity index (χ0n) is 58.6. The molecule has 0 saturated carbocycles. The van der Waals surface area contributed by atoms with Gasteiger partial charge in [-0.2, -0.15) is 0 Å². The van der Waals surface area contributed by atoms with Crippen LogP contribution in [0.2, 0.25) is 0 Å². The number of unbranched alkanes of at least 4 members (excludes halogenated alkanes) is 62. The monoisotopic (exact) mass is 1230 g/mol. The van der Waals surface area contributed by atoms with Crippen LogP contribution >= 0.6 is 0 Å². The quantitative estimate of drug-likeness (QED) is 0.0330. The van der Waals surface area contributed by atoms with Crippen LogP contribution < -0.4 is 5.32 Å². The second-order valence-electron chi connectivity index (χ2n) is 28.2. The van der Waals surface area contributed by atoms with E-state index in [0.717, 1.165) is 38.5 Å². The van der Waals surface area contributed by atoms with Gasteiger partial charge in [0, 0.05) is 6.42 Å². The number of nitrogens with one attached hydrogen (secondary N) is 1. The third-order valence-electron chi connectivity index (χ3n) is 19.7. The standard InChI is InChI=1S/C78H155NO8/c1-3-5-7-9-11-13-15-17-19-21-23-25-27-29-31-33-34-35-36-37-38-40-42-44-46-48-50-52-54-56-58-60-62-64-66-68-74(82)79-71(70-86-78-77(85)76(84)75(83)73(69-80)87-78)72(81)67-65-63-61-59-57-55-53-51-49-47-45-43-41-39-32-30-28-26-24-22-20-18-16-14-12-10-8-6-4-2/h71-73,75-78,80-81,83-85H,3-70H2,1-2H3,(H,79,82). The number of aliphatic hydroxyl groups is 5. The molecule has 7 atom stereocenters. The summed E-state index contributed by atoms with van der Waals surface area (Å²) in [5.74, 6) is -0.131. The van der Waals surface area contributed by atoms with E-state index in [9.17, 15) is 30.3 Å². The lowest BCUT2D eigenvalue weighted by atomic mass is 9.99. The van der Waals surface area contributed by atoms with E-state index in [-0.39, 0.29) is 12.5 Å². The van der Waals surface area contributed by atoms with Crippen LogP contribution in [-0.4, -0.2) is 87.5 Å². The summed E-state index contributed by atoms with van der Waals surface area (Å²) in [7, 11) is 0. The third-order valence-corrected chi connectivity index (χ3v) is 19.7. The number of amides is 1. The molecular weight excluding hydrogens is 1080 g/mol. The molecule has 0 aliphatic carbocycles. The molecule has 0 radical (unpaired) electrons. The van der Waals surface area contributed by atoms with Gasteiger partial charge in [-0.05, 0) is 12.8 Å². The Kier molecular flexibility index (Phi) is 65.9. The van der Waals surface area contributed by atoms with E-state index in [1.54, 1.807) is 0 Å². The van der Waals surface area contributed by atoms with Gasteiger partial charge < -0.3 is 40.3 Å². The molecule has 0 aromatic rings. The van der Waals surface area contributed by atoms with Gasteiger partial charge in [0.25, 0.3) is 0 Å². The van der Waals surface area contributed by atoms with Gasteiger partial charge in [-0.3, -0.25) is 4.79 Å². The fourth-order valence-corrected chi connectivity index (χ4v) is 13.5. The summed E-state index contributed by atoms with van der Waals surface area (Å²) >= 11 is 0. The molecule has 1 rings (SSSR count). The Balaban J connectivity index is 2.04. The van der Waals surface area contributed by atoms with Gasteiger partial charge >= 0.3 is 0 Å². The lowest BCUT2D eigenvalue weighted by Gasteiger charge is -2.40. The minimum atomic E-state index is -1.55. The predicted octanol–water partition coefficient (Wildman–Crippen LogP) is 22.4. The van der Waals surface area contributed by atoms with Crippen molar-refractivity contribution in [1.82, 2.24) is 5.32 Å². The Morgan fingerprint density at radius 2 is 0.575 bits per heavy atom. The molecule has 0 aromatic carbocycles. The van der Waals surface area contributed by atoms with Crippen molar-refractivity contribution in [1.29, 1.82) is 0 Å². The molecule has 87 heavy (non-hydrogen) atoms. The predicted molar refractivity (Wildman–Crippen MR) is 374 cm³/mol. The molecule has 1 heterocycles. The van der Waals surface area contributed by atoms with E-state index in [0.29, 0.717) is 12.8 Å². The number of aliphatic hydroxyl groups excluding tert-OH is 5. The second-order valence-corrected chi connectivity index (χ2v) is 28.2. The van der Waals surface area contributed by atoms with Crippen molar-refractivity contribution in [2.24, 2.45) is 0 Å². The second kappa shape index (κ2) is 68.1. The highest BCUT2D eigenvalue weighted by Crippen LogP contribution is 2.25. The first kappa shape index (κ1) is 84.2. The average Bonchev–Trinajstić information content (AvgIpc) is 3.47. The molecule has 1 aliphatic rings. The van der Waals surface area contributed by atoms with Crippen LogP contribution in [0.15, 0.2) is 0 Å². The number of hydrogen-bond donors (Lipinski definition) is 6. The Bertz CT molecular complexity index is 1340. The smallest absolute Gasteiger partial charge is 0.220 e. The van der Waals surface area contributed by atoms with E-state index >= 15 is 0 Å². The van der Waals surface area contributed by atoms with E-state index in [1.165, 1.54) is 372 Å². The lowest BCUT2D eigenvalue weighted by molar-refractivity contribution is -0.302. The summed E-state index contributed by atoms with van der Waals surface area (Å²) in [5.41, 5.74) is 0. The maximum absolute atomic E-state index is 13.2. The van der Waals surface area contributed by atoms with Gasteiger partial charge in [0.15, 0.2) is 6.29 Å². The number of carbonyl (C=O) groups excluding carboxylic acids is 1. The Morgan fingerprint density at radius 1 is 0.345 bits per heavy atom. The molecule has 7 unspecified atom stereocenters. The van der Waals surface area contributed by atoms with E-state index in [2.05, 4.69) is 19.2 Å². The van der Waals surface area contributed by atoms with E-state index in [4.69, 9.17) is 9.47 Å². The van der Waals surface area contributed by atoms with Crippen molar-refractivity contribution in [2.45, 2.75) is 480 Å². The summed E-state index contributed by atoms with van der Waals surface area (Å²) < 4.78 is 11.4. The average molecular weight is 1240 g/mol. The van der Waals surface area contributed by atoms with Crippen LogP contribution in [0.5, 0.6) is 0 Å². The van der Waals surface area contributed by atoms with Crippen molar-refractivity contribution in [3.05, 3.63) is 0 Å². The maximum atomic E-state index is 13.2. The summed E-state index contributed by atoms with van der Waals surface area (Å²) in [6.45, 7) is 3.92. The Hall–Kier alpha value is -0.810. The highest BCUT2D eigenvalue weighted by molar-refractivity contribution is 5.76. The fourth-order valence-electron chi connectivity index (χ4n) is 13.5. The summed E-state index contributed by atoms with van der Waals surface area (Å²) in [5, 5.41) is 55.1. The van der Waals surface area contributed by atoms with Crippen LogP contribution in [0.4, 0.5) is 0 Å². The van der Waals surface area contributed by atoms with Crippen LogP contribution in [0.1, 0.15) is 438 Å². The molecule has 0 spiro atoms. The molecule has 1 aliphatic heterocycles. The highest BCUT2D eigenvalue weighted by atomic mass is 16.7. The van der Waals surface area contributed by atoms with Gasteiger partial charge in [0.05, 0.1) is 25.4 Å². The molecule has 0 bridgehead atoms. The highest BCUT2D eigenvalue weighted by Gasteiger charge is 2.44. The number of hydrogen-bond acceptors (Lipinski definition) is 8. The van der Waals surface area contributed by atoms with Crippen LogP contribution in [0.25, 0.3) is 0 Å². The Labute approximate surface area is 542 Å². The first-order valence-corrected chi connectivity index (χ1v) is 39.7. The zero-order valence-corrected chi connectivity index (χ0v) is 58.6. The van der Waals surface area contributed by atoms with Crippen LogP contribution in [0.3, 0.4) is 0 Å². The molecule has 9 nitrogen and oxygen atoms in total. The number of ether oxygens (including phenoxy) is 2. The zero-order chi connectivity index (χ0) is 62.8. The van der Waals surface area contributed by atoms with Crippen molar-refractivity contribution in [3.8, 4) is 0 Å². The van der Waals surface area contributed by atoms with Gasteiger partial charge in [0.2, 0.25) is 5.91 Å². The maximum Gasteiger partial charge on any atom is 0.220 e. The lowest BCUT2D eigenvalue weighted by Crippen LogP contribution is -2.60. The molecule has 1 saturated heterocycles. The summed E-state index contributed by atoms with van der Waals surface area (Å²) in [6.07, 6.45) is 80.8. The molecular formula is C78H155NO8. The molecule has 6 N–H and O–H groups in total. The first-order chi connectivity index (χ1) is 42.8. The van der Waals surface area contributed by atoms with Gasteiger partial charge in [0.1, 0.15) is 24.4 Å². The molecule has 1 amide bonds. The molecule has 0 aromatic heterocycles. The topological polar surface area (TPSA) is 149 Å². The largest absolute Gasteiger partial charge is 0.394 e. The summed E-state index contributed by atoms with van der Waals surface area (Å²) in [4.78, 5) is 13.2. The third kappa shape index (κ3) is 56.5. The molecule has 1 fully saturated rings. The normalized spacial score (nSPS) is 17.8. The summed E-state index contributed by atoms with van der Waals surface area (Å²) in [6, 6.07) is -0.716. The van der Waals surface area contributed by atoms with Crippen LogP contribution in [-0.2, 0) is 14.3 Å². The first-order valence-electron chi connectivity index (χ1n) is 39.7. The fraction of sp³-hybridized carbons (Fsp3) is 0.987. The number of rotatable bonds is 72. The van der Waals surface area contributed by atoms with Crippen molar-refractivity contribution in [3.63, 3.8) is 0 Å². The SMILES string of the molecule is CCCCCCCCCCCCCCCCCCCCCCCCCCCCCCCCCCCCCC(=O)NC(COC1OC(CO)C(O)C(O)C1O)C(O)CCCCCCCCCCCCCCCCCCCCCCCCCCCCCCC. The molecule has 520 valence electrons. The minimum absolute atomic E-state index is 0.130. The molecule has 9 heteroatoms. The van der Waals surface area contributed by atoms with Crippen molar-refractivity contribution >= 4 is 5.91 Å². The Morgan fingerprint density at radius 3 is 0.816 bits per heavy atom. The van der Waals surface area contributed by atoms with Gasteiger partial charge in [-0.25, -0.2) is 0 Å². The number of carbonyl (C=O) groups is 1. The van der Waals surface area contributed by atoms with Gasteiger partial charge in [-0.15, -0.1) is 0 Å². The van der Waals surface area contributed by atoms with E-state index in [1.807, 2.05) is 0 Å². The van der Waals surface area contributed by atoms with Crippen molar-refractivity contribution in [2.75, 3.05) is 13.2 Å². The van der Waals surface area contributed by atoms with Crippen LogP contribution in [0, 0.1) is 0 Å². The van der Waals surface area contributed by atoms with Crippen molar-refractivity contribution < 1.29 is 39.8 Å². The van der Waals surface area contributed by atoms with Gasteiger partial charge in [-0.1, -0.05) is 418 Å². The minimum Gasteiger partial charge on any atom is -0.394 e. The van der Waals surface area contributed by atoms with E-state index < -0.39 is 49.5 Å².